The summed E-state index contributed by atoms with van der Waals surface area (Å²) in [4.78, 5) is 16.8. The maximum Gasteiger partial charge on any atom is 0.336 e. The number of benzene rings is 2. The Morgan fingerprint density at radius 2 is 1.62 bits per heavy atom. The molecule has 0 unspecified atom stereocenters. The number of aryl methyl sites for hydroxylation is 2. The Bertz CT molecular complexity index is 976. The van der Waals surface area contributed by atoms with Crippen LogP contribution < -0.4 is 0 Å². The average Bonchev–Trinajstić information content (AvgIpc) is 2.53. The summed E-state index contributed by atoms with van der Waals surface area (Å²) in [6, 6.07) is 9.87. The number of carbonyl (C=O) groups is 1. The summed E-state index contributed by atoms with van der Waals surface area (Å²) in [6.07, 6.45) is 0. The Hall–Kier alpha value is -2.20. The van der Waals surface area contributed by atoms with Gasteiger partial charge >= 0.3 is 5.97 Å². The lowest BCUT2D eigenvalue weighted by Crippen LogP contribution is -2.06. The van der Waals surface area contributed by atoms with Gasteiger partial charge in [-0.15, -0.1) is 0 Å². The SMILES string of the molecule is Cc1ccc(-c2nc3c(C)c(C)c(Br)cc3c(C(=O)O)c2C)cc1. The van der Waals surface area contributed by atoms with E-state index in [9.17, 15) is 9.90 Å². The molecule has 3 rings (SSSR count). The Labute approximate surface area is 149 Å². The van der Waals surface area contributed by atoms with Crippen molar-refractivity contribution >= 4 is 32.8 Å². The van der Waals surface area contributed by atoms with Crippen molar-refractivity contribution in [3.8, 4) is 11.3 Å². The third-order valence-corrected chi connectivity index (χ3v) is 5.39. The fourth-order valence-corrected chi connectivity index (χ4v) is 3.51. The molecule has 0 bridgehead atoms. The van der Waals surface area contributed by atoms with Crippen molar-refractivity contribution in [1.29, 1.82) is 0 Å². The zero-order valence-electron chi connectivity index (χ0n) is 14.1. The Morgan fingerprint density at radius 1 is 1.00 bits per heavy atom. The zero-order valence-corrected chi connectivity index (χ0v) is 15.7. The van der Waals surface area contributed by atoms with E-state index in [0.717, 1.165) is 37.9 Å². The van der Waals surface area contributed by atoms with E-state index in [1.807, 2.05) is 58.0 Å². The molecular weight excluding hydrogens is 366 g/mol. The van der Waals surface area contributed by atoms with Crippen LogP contribution in [0.2, 0.25) is 0 Å². The Morgan fingerprint density at radius 3 is 2.21 bits per heavy atom. The largest absolute Gasteiger partial charge is 0.478 e. The maximum atomic E-state index is 11.9. The van der Waals surface area contributed by atoms with Crippen LogP contribution in [0.4, 0.5) is 0 Å². The lowest BCUT2D eigenvalue weighted by Gasteiger charge is -2.15. The highest BCUT2D eigenvalue weighted by Gasteiger charge is 2.20. The molecule has 0 saturated carbocycles. The third-order valence-electron chi connectivity index (χ3n) is 4.56. The highest BCUT2D eigenvalue weighted by atomic mass is 79.9. The number of aromatic nitrogens is 1. The second-order valence-corrected chi connectivity index (χ2v) is 6.99. The molecular formula is C20H18BrNO2. The molecule has 3 nitrogen and oxygen atoms in total. The van der Waals surface area contributed by atoms with Gasteiger partial charge in [0.2, 0.25) is 0 Å². The van der Waals surface area contributed by atoms with Gasteiger partial charge in [0.1, 0.15) is 0 Å². The monoisotopic (exact) mass is 383 g/mol. The van der Waals surface area contributed by atoms with Crippen molar-refractivity contribution in [2.75, 3.05) is 0 Å². The van der Waals surface area contributed by atoms with Gasteiger partial charge in [0, 0.05) is 15.4 Å². The van der Waals surface area contributed by atoms with Gasteiger partial charge in [-0.3, -0.25) is 0 Å². The molecule has 3 aromatic rings. The molecule has 122 valence electrons. The van der Waals surface area contributed by atoms with Gasteiger partial charge in [-0.1, -0.05) is 45.8 Å². The molecule has 0 spiro atoms. The average molecular weight is 384 g/mol. The van der Waals surface area contributed by atoms with E-state index in [-0.39, 0.29) is 0 Å². The minimum Gasteiger partial charge on any atom is -0.478 e. The smallest absolute Gasteiger partial charge is 0.336 e. The number of carboxylic acids is 1. The number of hydrogen-bond acceptors (Lipinski definition) is 2. The maximum absolute atomic E-state index is 11.9. The predicted octanol–water partition coefficient (Wildman–Crippen LogP) is 5.60. The molecule has 0 aliphatic carbocycles. The highest BCUT2D eigenvalue weighted by molar-refractivity contribution is 9.10. The second kappa shape index (κ2) is 6.02. The van der Waals surface area contributed by atoms with E-state index in [1.54, 1.807) is 0 Å². The molecule has 24 heavy (non-hydrogen) atoms. The number of fused-ring (bicyclic) bond motifs is 1. The van der Waals surface area contributed by atoms with Crippen LogP contribution in [0.3, 0.4) is 0 Å². The van der Waals surface area contributed by atoms with Crippen molar-refractivity contribution < 1.29 is 9.90 Å². The van der Waals surface area contributed by atoms with Crippen molar-refractivity contribution in [2.24, 2.45) is 0 Å². The van der Waals surface area contributed by atoms with Gasteiger partial charge in [-0.2, -0.15) is 0 Å². The summed E-state index contributed by atoms with van der Waals surface area (Å²) in [6.45, 7) is 7.84. The van der Waals surface area contributed by atoms with Gasteiger partial charge in [0.05, 0.1) is 16.8 Å². The first-order valence-electron chi connectivity index (χ1n) is 7.71. The summed E-state index contributed by atoms with van der Waals surface area (Å²) in [5.41, 5.74) is 6.64. The van der Waals surface area contributed by atoms with Crippen molar-refractivity contribution in [1.82, 2.24) is 4.98 Å². The summed E-state index contributed by atoms with van der Waals surface area (Å²) < 4.78 is 0.902. The quantitative estimate of drug-likeness (QED) is 0.626. The van der Waals surface area contributed by atoms with Gasteiger partial charge in [0.25, 0.3) is 0 Å². The van der Waals surface area contributed by atoms with E-state index in [0.29, 0.717) is 16.5 Å². The van der Waals surface area contributed by atoms with E-state index in [4.69, 9.17) is 4.98 Å². The van der Waals surface area contributed by atoms with Gasteiger partial charge in [0.15, 0.2) is 0 Å². The molecule has 1 N–H and O–H groups in total. The van der Waals surface area contributed by atoms with Crippen LogP contribution in [0, 0.1) is 27.7 Å². The lowest BCUT2D eigenvalue weighted by molar-refractivity contribution is 0.0698. The van der Waals surface area contributed by atoms with Crippen molar-refractivity contribution in [3.63, 3.8) is 0 Å². The van der Waals surface area contributed by atoms with Crippen LogP contribution in [-0.2, 0) is 0 Å². The number of pyridine rings is 1. The predicted molar refractivity (Wildman–Crippen MR) is 101 cm³/mol. The van der Waals surface area contributed by atoms with E-state index >= 15 is 0 Å². The molecule has 1 aromatic heterocycles. The highest BCUT2D eigenvalue weighted by Crippen LogP contribution is 2.35. The Kier molecular flexibility index (Phi) is 4.18. The molecule has 4 heteroatoms. The molecule has 0 saturated heterocycles. The Balaban J connectivity index is 2.46. The summed E-state index contributed by atoms with van der Waals surface area (Å²) in [5, 5.41) is 10.5. The first-order valence-corrected chi connectivity index (χ1v) is 8.51. The van der Waals surface area contributed by atoms with Gasteiger partial charge in [-0.25, -0.2) is 9.78 Å². The van der Waals surface area contributed by atoms with Crippen LogP contribution in [-0.4, -0.2) is 16.1 Å². The second-order valence-electron chi connectivity index (χ2n) is 6.14. The molecule has 1 heterocycles. The molecule has 0 atom stereocenters. The number of aromatic carboxylic acids is 1. The standard InChI is InChI=1S/C20H18BrNO2/c1-10-5-7-14(8-6-10)18-13(4)17(20(23)24)15-9-16(21)11(2)12(3)19(15)22-18/h5-9H,1-4H3,(H,23,24). The van der Waals surface area contributed by atoms with Gasteiger partial charge in [-0.05, 0) is 50.5 Å². The van der Waals surface area contributed by atoms with E-state index in [1.165, 1.54) is 0 Å². The fraction of sp³-hybridized carbons (Fsp3) is 0.200. The van der Waals surface area contributed by atoms with Crippen molar-refractivity contribution in [3.05, 3.63) is 62.6 Å². The normalized spacial score (nSPS) is 11.0. The molecule has 0 fully saturated rings. The first-order chi connectivity index (χ1) is 11.3. The number of nitrogens with zero attached hydrogens (tertiary/aromatic N) is 1. The number of halogens is 1. The summed E-state index contributed by atoms with van der Waals surface area (Å²) in [5.74, 6) is -0.927. The van der Waals surface area contributed by atoms with Crippen LogP contribution in [0.15, 0.2) is 34.8 Å². The third kappa shape index (κ3) is 2.61. The number of hydrogen-bond donors (Lipinski definition) is 1. The van der Waals surface area contributed by atoms with Crippen molar-refractivity contribution in [2.45, 2.75) is 27.7 Å². The van der Waals surface area contributed by atoms with E-state index < -0.39 is 5.97 Å². The molecule has 0 radical (unpaired) electrons. The number of rotatable bonds is 2. The molecule has 2 aromatic carbocycles. The molecule has 0 aliphatic rings. The minimum absolute atomic E-state index is 0.319. The van der Waals surface area contributed by atoms with Crippen LogP contribution >= 0.6 is 15.9 Å². The lowest BCUT2D eigenvalue weighted by atomic mass is 9.95. The summed E-state index contributed by atoms with van der Waals surface area (Å²) >= 11 is 3.53. The fourth-order valence-electron chi connectivity index (χ4n) is 2.98. The van der Waals surface area contributed by atoms with Gasteiger partial charge < -0.3 is 5.11 Å². The molecule has 0 aliphatic heterocycles. The molecule has 0 amide bonds. The topological polar surface area (TPSA) is 50.2 Å². The first kappa shape index (κ1) is 16.7. The number of carboxylic acid groups (broad SMARTS) is 1. The van der Waals surface area contributed by atoms with Crippen LogP contribution in [0.1, 0.15) is 32.6 Å². The van der Waals surface area contributed by atoms with E-state index in [2.05, 4.69) is 15.9 Å². The zero-order chi connectivity index (χ0) is 17.6. The summed E-state index contributed by atoms with van der Waals surface area (Å²) in [7, 11) is 0. The van der Waals surface area contributed by atoms with Crippen LogP contribution in [0.5, 0.6) is 0 Å². The minimum atomic E-state index is -0.927. The van der Waals surface area contributed by atoms with Crippen LogP contribution in [0.25, 0.3) is 22.2 Å².